The first-order chi connectivity index (χ1) is 5.08. The molecule has 1 aliphatic rings. The van der Waals surface area contributed by atoms with E-state index in [2.05, 4.69) is 49.3 Å². The summed E-state index contributed by atoms with van der Waals surface area (Å²) in [5, 5.41) is 4.58. The molecule has 1 radical (unpaired) electrons. The molecule has 79 valence electrons. The maximum atomic E-state index is 4.58. The quantitative estimate of drug-likeness (QED) is 0.483. The Hall–Kier alpha value is 1.12. The molecule has 0 saturated carbocycles. The molecule has 0 heterocycles. The van der Waals surface area contributed by atoms with Crippen molar-refractivity contribution in [1.29, 1.82) is 0 Å². The van der Waals surface area contributed by atoms with E-state index in [0.717, 1.165) is 6.17 Å². The van der Waals surface area contributed by atoms with E-state index in [9.17, 15) is 0 Å². The number of nitrogens with zero attached hydrogens (tertiary/aromatic N) is 1. The molecule has 5 heteroatoms. The van der Waals surface area contributed by atoms with Crippen LogP contribution in [-0.4, -0.2) is 20.3 Å². The Morgan fingerprint density at radius 1 is 1.07 bits per heavy atom. The molecule has 0 amide bonds. The summed E-state index contributed by atoms with van der Waals surface area (Å²) < 4.78 is 0. The van der Waals surface area contributed by atoms with Gasteiger partial charge in [0, 0.05) is 8.07 Å². The van der Waals surface area contributed by atoms with Gasteiger partial charge in [-0.05, 0) is 0 Å². The van der Waals surface area contributed by atoms with Gasteiger partial charge in [-0.3, -0.25) is 0 Å². The van der Waals surface area contributed by atoms with E-state index in [1.54, 1.807) is 0 Å². The molecule has 14 heavy (non-hydrogen) atoms. The largest absolute Gasteiger partial charge is 3.00 e. The van der Waals surface area contributed by atoms with Crippen LogP contribution in [0.5, 0.6) is 0 Å². The third-order valence-electron chi connectivity index (χ3n) is 1.50. The van der Waals surface area contributed by atoms with Crippen LogP contribution in [-0.2, 0) is 26.2 Å². The van der Waals surface area contributed by atoms with E-state index in [-0.39, 0.29) is 51.0 Å². The molecule has 0 bridgehead atoms. The van der Waals surface area contributed by atoms with Gasteiger partial charge in [-0.2, -0.15) is 6.17 Å². The van der Waals surface area contributed by atoms with Gasteiger partial charge in [-0.25, -0.2) is 0 Å². The zero-order valence-corrected chi connectivity index (χ0v) is 13.8. The third-order valence-corrected chi connectivity index (χ3v) is 2.64. The topological polar surface area (TPSA) is 14.1 Å². The predicted octanol–water partition coefficient (Wildman–Crippen LogP) is -3.26. The number of hydrogen-bond donors (Lipinski definition) is 0. The first kappa shape index (κ1) is 20.5. The van der Waals surface area contributed by atoms with Crippen LogP contribution in [0.2, 0.25) is 19.6 Å². The number of halogens is 2. The molecule has 0 unspecified atom stereocenters. The summed E-state index contributed by atoms with van der Waals surface area (Å²) in [4.78, 5) is 0. The normalized spacial score (nSPS) is 14.2. The molecular formula is C9H16Cl2NSiZr. The molecule has 0 saturated heterocycles. The van der Waals surface area contributed by atoms with Gasteiger partial charge in [0.25, 0.3) is 0 Å². The molecule has 1 rings (SSSR count). The molecule has 1 nitrogen and oxygen atoms in total. The van der Waals surface area contributed by atoms with E-state index < -0.39 is 8.07 Å². The molecule has 0 aliphatic heterocycles. The SMILES string of the molecule is C[Si](C)(C)C[N-]C1C=CC=C1.[Cl-].[Cl-].[Zr+3]. The summed E-state index contributed by atoms with van der Waals surface area (Å²) >= 11 is 0. The van der Waals surface area contributed by atoms with E-state index in [1.165, 1.54) is 0 Å². The first-order valence-electron chi connectivity index (χ1n) is 4.09. The zero-order valence-electron chi connectivity index (χ0n) is 8.80. The minimum Gasteiger partial charge on any atom is -1.00 e. The summed E-state index contributed by atoms with van der Waals surface area (Å²) in [6.07, 6.45) is 9.49. The minimum atomic E-state index is -0.959. The Labute approximate surface area is 120 Å². The van der Waals surface area contributed by atoms with Crippen molar-refractivity contribution in [2.75, 3.05) is 6.17 Å². The zero-order chi connectivity index (χ0) is 8.32. The fourth-order valence-electron chi connectivity index (χ4n) is 0.921. The Morgan fingerprint density at radius 2 is 1.50 bits per heavy atom. The first-order valence-corrected chi connectivity index (χ1v) is 7.80. The van der Waals surface area contributed by atoms with Crippen molar-refractivity contribution in [1.82, 2.24) is 0 Å². The standard InChI is InChI=1S/C9H16NSi.2ClH.Zr/c1-11(2,3)8-10-9-6-4-5-7-9;;;/h4-7,9H,8H2,1-3H3;2*1H;/q-1;;;+3/p-2. The molecule has 0 atom stereocenters. The Kier molecular flexibility index (Phi) is 13.7. The van der Waals surface area contributed by atoms with Gasteiger partial charge in [0.05, 0.1) is 0 Å². The van der Waals surface area contributed by atoms with Gasteiger partial charge < -0.3 is 30.1 Å². The van der Waals surface area contributed by atoms with Gasteiger partial charge in [-0.15, -0.1) is 0 Å². The molecule has 0 aromatic rings. The van der Waals surface area contributed by atoms with Crippen LogP contribution in [0.1, 0.15) is 0 Å². The average Bonchev–Trinajstić information content (AvgIpc) is 2.32. The van der Waals surface area contributed by atoms with Crippen LogP contribution in [0.15, 0.2) is 24.3 Å². The van der Waals surface area contributed by atoms with Crippen LogP contribution < -0.4 is 24.8 Å². The Bertz CT molecular complexity index is 178. The maximum Gasteiger partial charge on any atom is 3.00 e. The Balaban J connectivity index is -0.000000403. The van der Waals surface area contributed by atoms with Crippen LogP contribution in [0, 0.1) is 0 Å². The second-order valence-corrected chi connectivity index (χ2v) is 9.60. The summed E-state index contributed by atoms with van der Waals surface area (Å²) in [6.45, 7) is 7.04. The number of allylic oxidation sites excluding steroid dienone is 2. The summed E-state index contributed by atoms with van der Waals surface area (Å²) in [6, 6.07) is 0.377. The minimum absolute atomic E-state index is 0. The third kappa shape index (κ3) is 9.67. The molecule has 0 aromatic carbocycles. The molecule has 0 aromatic heterocycles. The molecular weight excluding hydrogens is 312 g/mol. The van der Waals surface area contributed by atoms with Crippen molar-refractivity contribution in [2.24, 2.45) is 0 Å². The van der Waals surface area contributed by atoms with Crippen molar-refractivity contribution in [3.05, 3.63) is 29.6 Å². The van der Waals surface area contributed by atoms with Crippen LogP contribution in [0.3, 0.4) is 0 Å². The van der Waals surface area contributed by atoms with Gasteiger partial charge in [0.2, 0.25) is 0 Å². The summed E-state index contributed by atoms with van der Waals surface area (Å²) in [5.74, 6) is 0. The van der Waals surface area contributed by atoms with Gasteiger partial charge >= 0.3 is 26.2 Å². The van der Waals surface area contributed by atoms with Crippen LogP contribution >= 0.6 is 0 Å². The van der Waals surface area contributed by atoms with Crippen molar-refractivity contribution >= 4 is 8.07 Å². The Morgan fingerprint density at radius 3 is 1.86 bits per heavy atom. The van der Waals surface area contributed by atoms with E-state index in [4.69, 9.17) is 0 Å². The average molecular weight is 328 g/mol. The van der Waals surface area contributed by atoms with E-state index in [1.807, 2.05) is 0 Å². The fraction of sp³-hybridized carbons (Fsp3) is 0.556. The van der Waals surface area contributed by atoms with E-state index in [0.29, 0.717) is 6.04 Å². The fourth-order valence-corrected chi connectivity index (χ4v) is 1.68. The van der Waals surface area contributed by atoms with Gasteiger partial charge in [0.15, 0.2) is 0 Å². The summed E-state index contributed by atoms with van der Waals surface area (Å²) in [7, 11) is -0.959. The monoisotopic (exact) mass is 326 g/mol. The number of hydrogen-bond acceptors (Lipinski definition) is 0. The smallest absolute Gasteiger partial charge is 1.00 e. The van der Waals surface area contributed by atoms with Crippen molar-refractivity contribution < 1.29 is 51.0 Å². The second kappa shape index (κ2) is 9.35. The van der Waals surface area contributed by atoms with Gasteiger partial charge in [-0.1, -0.05) is 50.0 Å². The molecule has 1 aliphatic carbocycles. The van der Waals surface area contributed by atoms with Crippen LogP contribution in [0.4, 0.5) is 0 Å². The summed E-state index contributed by atoms with van der Waals surface area (Å²) in [5.41, 5.74) is 0. The number of rotatable bonds is 3. The molecule has 0 fully saturated rings. The van der Waals surface area contributed by atoms with Gasteiger partial charge in [0.1, 0.15) is 0 Å². The predicted molar refractivity (Wildman–Crippen MR) is 53.6 cm³/mol. The van der Waals surface area contributed by atoms with E-state index >= 15 is 0 Å². The van der Waals surface area contributed by atoms with Crippen molar-refractivity contribution in [3.8, 4) is 0 Å². The van der Waals surface area contributed by atoms with Crippen molar-refractivity contribution in [2.45, 2.75) is 25.7 Å². The van der Waals surface area contributed by atoms with Crippen LogP contribution in [0.25, 0.3) is 5.32 Å². The second-order valence-electron chi connectivity index (χ2n) is 4.16. The molecule has 0 N–H and O–H groups in total. The maximum absolute atomic E-state index is 4.58. The van der Waals surface area contributed by atoms with Crippen molar-refractivity contribution in [3.63, 3.8) is 0 Å². The molecule has 0 spiro atoms.